The smallest absolute Gasteiger partial charge is 0.244 e. The molecule has 1 N–H and O–H groups in total. The zero-order valence-electron chi connectivity index (χ0n) is 15.2. The third-order valence-electron chi connectivity index (χ3n) is 3.66. The van der Waals surface area contributed by atoms with Crippen molar-refractivity contribution in [1.29, 1.82) is 0 Å². The van der Waals surface area contributed by atoms with E-state index in [0.29, 0.717) is 15.8 Å². The molecule has 0 bridgehead atoms. The van der Waals surface area contributed by atoms with Gasteiger partial charge in [0, 0.05) is 17.1 Å². The van der Waals surface area contributed by atoms with E-state index in [1.54, 1.807) is 25.3 Å². The number of nitrogens with one attached hydrogen (secondary N) is 1. The van der Waals surface area contributed by atoms with E-state index in [1.165, 1.54) is 6.08 Å². The minimum atomic E-state index is -0.172. The Balaban J connectivity index is 1.84. The number of ether oxygens (including phenoxy) is 1. The number of benzene rings is 2. The summed E-state index contributed by atoms with van der Waals surface area (Å²) < 4.78 is 5.11. The highest BCUT2D eigenvalue weighted by atomic mass is 35.5. The molecule has 27 heavy (non-hydrogen) atoms. The van der Waals surface area contributed by atoms with Crippen LogP contribution in [0.25, 0.3) is 12.2 Å². The number of halogens is 2. The van der Waals surface area contributed by atoms with E-state index in [9.17, 15) is 4.79 Å². The van der Waals surface area contributed by atoms with Gasteiger partial charge < -0.3 is 10.1 Å². The highest BCUT2D eigenvalue weighted by Gasteiger charge is 2.00. The minimum Gasteiger partial charge on any atom is -0.497 e. The number of rotatable bonds is 7. The van der Waals surface area contributed by atoms with E-state index in [4.69, 9.17) is 27.9 Å². The topological polar surface area (TPSA) is 38.3 Å². The van der Waals surface area contributed by atoms with Gasteiger partial charge in [0.15, 0.2) is 0 Å². The molecular formula is C22H21Cl2NO2. The fraction of sp³-hybridized carbons (Fsp3) is 0.136. The molecule has 2 aromatic rings. The first kappa shape index (κ1) is 20.8. The third kappa shape index (κ3) is 7.33. The van der Waals surface area contributed by atoms with Gasteiger partial charge in [-0.15, -0.1) is 0 Å². The average molecular weight is 402 g/mol. The van der Waals surface area contributed by atoms with E-state index < -0.39 is 0 Å². The van der Waals surface area contributed by atoms with E-state index >= 15 is 0 Å². The molecule has 1 atom stereocenters. The molecule has 0 aliphatic carbocycles. The highest BCUT2D eigenvalue weighted by molar-refractivity contribution is 6.32. The zero-order valence-corrected chi connectivity index (χ0v) is 16.7. The molecule has 0 spiro atoms. The predicted octanol–water partition coefficient (Wildman–Crippen LogP) is 5.79. The Bertz CT molecular complexity index is 855. The highest BCUT2D eigenvalue weighted by Crippen LogP contribution is 2.23. The first-order valence-corrected chi connectivity index (χ1v) is 9.16. The van der Waals surface area contributed by atoms with Crippen LogP contribution < -0.4 is 10.1 Å². The van der Waals surface area contributed by atoms with Gasteiger partial charge in [-0.2, -0.15) is 0 Å². The summed E-state index contributed by atoms with van der Waals surface area (Å²) in [5.74, 6) is 0.529. The largest absolute Gasteiger partial charge is 0.497 e. The predicted molar refractivity (Wildman–Crippen MR) is 114 cm³/mol. The molecule has 1 amide bonds. The molecule has 140 valence electrons. The van der Waals surface area contributed by atoms with Crippen molar-refractivity contribution >= 4 is 41.3 Å². The van der Waals surface area contributed by atoms with Gasteiger partial charge in [0.1, 0.15) is 5.75 Å². The number of hydrogen-bond acceptors (Lipinski definition) is 2. The van der Waals surface area contributed by atoms with Gasteiger partial charge in [0.2, 0.25) is 5.91 Å². The van der Waals surface area contributed by atoms with Crippen molar-refractivity contribution < 1.29 is 9.53 Å². The van der Waals surface area contributed by atoms with Gasteiger partial charge in [0.25, 0.3) is 0 Å². The van der Waals surface area contributed by atoms with Crippen molar-refractivity contribution in [3.05, 3.63) is 87.9 Å². The standard InChI is InChI=1S/C22H21Cl2NO2/c1-16(7-8-17-9-12-19(23)13-10-17)25-22(26)6-4-3-5-18-11-14-20(27-2)15-21(18)24/h3-16H,1-2H3,(H,25,26)/t16-/m1/s1. The molecule has 0 saturated carbocycles. The van der Waals surface area contributed by atoms with Crippen LogP contribution in [0.2, 0.25) is 10.0 Å². The van der Waals surface area contributed by atoms with Crippen LogP contribution in [0.5, 0.6) is 5.75 Å². The number of carbonyl (C=O) groups excluding carboxylic acids is 1. The van der Waals surface area contributed by atoms with Crippen molar-refractivity contribution in [2.45, 2.75) is 13.0 Å². The number of carbonyl (C=O) groups is 1. The lowest BCUT2D eigenvalue weighted by Gasteiger charge is -2.07. The summed E-state index contributed by atoms with van der Waals surface area (Å²) in [4.78, 5) is 11.9. The normalized spacial score (nSPS) is 12.7. The van der Waals surface area contributed by atoms with Crippen LogP contribution in [0.15, 0.2) is 66.8 Å². The molecule has 2 aromatic carbocycles. The molecule has 0 fully saturated rings. The van der Waals surface area contributed by atoms with Crippen LogP contribution in [-0.4, -0.2) is 19.1 Å². The molecule has 0 aliphatic rings. The number of allylic oxidation sites excluding steroid dienone is 2. The van der Waals surface area contributed by atoms with E-state index in [-0.39, 0.29) is 11.9 Å². The molecule has 0 unspecified atom stereocenters. The molecule has 5 heteroatoms. The van der Waals surface area contributed by atoms with E-state index in [1.807, 2.05) is 61.5 Å². The van der Waals surface area contributed by atoms with Gasteiger partial charge in [0.05, 0.1) is 12.1 Å². The molecule has 3 nitrogen and oxygen atoms in total. The zero-order chi connectivity index (χ0) is 19.6. The number of hydrogen-bond donors (Lipinski definition) is 1. The lowest BCUT2D eigenvalue weighted by atomic mass is 10.2. The lowest BCUT2D eigenvalue weighted by Crippen LogP contribution is -2.29. The molecule has 0 radical (unpaired) electrons. The van der Waals surface area contributed by atoms with Crippen LogP contribution in [0.3, 0.4) is 0 Å². The van der Waals surface area contributed by atoms with Crippen molar-refractivity contribution in [3.8, 4) is 5.75 Å². The monoisotopic (exact) mass is 401 g/mol. The fourth-order valence-electron chi connectivity index (χ4n) is 2.22. The Labute approximate surface area is 170 Å². The van der Waals surface area contributed by atoms with Gasteiger partial charge in [-0.3, -0.25) is 4.79 Å². The molecule has 0 saturated heterocycles. The third-order valence-corrected chi connectivity index (χ3v) is 4.24. The van der Waals surface area contributed by atoms with Crippen LogP contribution in [0.1, 0.15) is 18.1 Å². The molecular weight excluding hydrogens is 381 g/mol. The quantitative estimate of drug-likeness (QED) is 0.470. The van der Waals surface area contributed by atoms with Gasteiger partial charge in [-0.25, -0.2) is 0 Å². The van der Waals surface area contributed by atoms with E-state index in [2.05, 4.69) is 5.32 Å². The SMILES string of the molecule is COc1ccc(C=CC=CC(=O)N[C@H](C)C=Cc2ccc(Cl)cc2)c(Cl)c1. The Morgan fingerprint density at radius 1 is 1.07 bits per heavy atom. The molecule has 0 aromatic heterocycles. The first-order valence-electron chi connectivity index (χ1n) is 8.40. The van der Waals surface area contributed by atoms with Crippen molar-refractivity contribution in [2.75, 3.05) is 7.11 Å². The number of methoxy groups -OCH3 is 1. The second kappa shape index (κ2) is 10.6. The average Bonchev–Trinajstić information content (AvgIpc) is 2.65. The maximum atomic E-state index is 11.9. The summed E-state index contributed by atoms with van der Waals surface area (Å²) in [7, 11) is 1.59. The first-order chi connectivity index (χ1) is 13.0. The van der Waals surface area contributed by atoms with Crippen molar-refractivity contribution in [3.63, 3.8) is 0 Å². The van der Waals surface area contributed by atoms with Gasteiger partial charge >= 0.3 is 0 Å². The summed E-state index contributed by atoms with van der Waals surface area (Å²) in [6.45, 7) is 1.91. The maximum absolute atomic E-state index is 11.9. The Morgan fingerprint density at radius 3 is 2.48 bits per heavy atom. The van der Waals surface area contributed by atoms with Gasteiger partial charge in [-0.05, 0) is 48.4 Å². The number of amides is 1. The summed E-state index contributed by atoms with van der Waals surface area (Å²) in [5.41, 5.74) is 1.87. The van der Waals surface area contributed by atoms with Crippen molar-refractivity contribution in [1.82, 2.24) is 5.32 Å². The summed E-state index contributed by atoms with van der Waals surface area (Å²) in [6.07, 6.45) is 10.6. The summed E-state index contributed by atoms with van der Waals surface area (Å²) >= 11 is 12.0. The Kier molecular flexibility index (Phi) is 8.18. The summed E-state index contributed by atoms with van der Waals surface area (Å²) in [6, 6.07) is 12.8. The van der Waals surface area contributed by atoms with Crippen LogP contribution in [0, 0.1) is 0 Å². The Hall–Kier alpha value is -2.49. The lowest BCUT2D eigenvalue weighted by molar-refractivity contribution is -0.116. The second-order valence-corrected chi connectivity index (χ2v) is 6.66. The van der Waals surface area contributed by atoms with Gasteiger partial charge in [-0.1, -0.05) is 65.7 Å². The van der Waals surface area contributed by atoms with Crippen molar-refractivity contribution in [2.24, 2.45) is 0 Å². The second-order valence-electron chi connectivity index (χ2n) is 5.81. The van der Waals surface area contributed by atoms with Crippen LogP contribution in [0.4, 0.5) is 0 Å². The summed E-state index contributed by atoms with van der Waals surface area (Å²) in [5, 5.41) is 4.16. The molecule has 0 aliphatic heterocycles. The van der Waals surface area contributed by atoms with Crippen LogP contribution in [-0.2, 0) is 4.79 Å². The fourth-order valence-corrected chi connectivity index (χ4v) is 2.58. The van der Waals surface area contributed by atoms with Crippen LogP contribution >= 0.6 is 23.2 Å². The molecule has 2 rings (SSSR count). The molecule has 0 heterocycles. The minimum absolute atomic E-state index is 0.0992. The maximum Gasteiger partial charge on any atom is 0.244 e. The Morgan fingerprint density at radius 2 is 1.81 bits per heavy atom. The van der Waals surface area contributed by atoms with E-state index in [0.717, 1.165) is 11.1 Å².